The van der Waals surface area contributed by atoms with Crippen molar-refractivity contribution in [1.29, 1.82) is 0 Å². The zero-order chi connectivity index (χ0) is 15.9. The topological polar surface area (TPSA) is 40.5 Å². The van der Waals surface area contributed by atoms with Gasteiger partial charge in [0.05, 0.1) is 12.2 Å². The summed E-state index contributed by atoms with van der Waals surface area (Å²) in [5.74, 6) is 1.23. The van der Waals surface area contributed by atoms with Crippen LogP contribution < -0.4 is 0 Å². The van der Waals surface area contributed by atoms with Crippen LogP contribution in [0.25, 0.3) is 0 Å². The quantitative estimate of drug-likeness (QED) is 0.668. The number of hydrogen-bond acceptors (Lipinski definition) is 2. The predicted octanol–water partition coefficient (Wildman–Crippen LogP) is 3.84. The fourth-order valence-electron chi connectivity index (χ4n) is 6.67. The van der Waals surface area contributed by atoms with Crippen LogP contribution >= 0.6 is 0 Å². The molecule has 2 bridgehead atoms. The first-order valence-electron chi connectivity index (χ1n) is 9.04. The van der Waals surface area contributed by atoms with E-state index in [9.17, 15) is 10.2 Å². The van der Waals surface area contributed by atoms with Crippen molar-refractivity contribution in [3.63, 3.8) is 0 Å². The highest BCUT2D eigenvalue weighted by Crippen LogP contribution is 2.65. The lowest BCUT2D eigenvalue weighted by atomic mass is 9.47. The lowest BCUT2D eigenvalue weighted by molar-refractivity contribution is -0.0940. The Bertz CT molecular complexity index is 558. The van der Waals surface area contributed by atoms with Crippen molar-refractivity contribution in [2.75, 3.05) is 0 Å². The highest BCUT2D eigenvalue weighted by Gasteiger charge is 2.59. The summed E-state index contributed by atoms with van der Waals surface area (Å²) in [6.07, 6.45) is 5.86. The van der Waals surface area contributed by atoms with Crippen molar-refractivity contribution >= 4 is 0 Å². The molecular formula is C20H30O2. The maximum atomic E-state index is 11.0. The first kappa shape index (κ1) is 15.0. The number of allylic oxidation sites excluding steroid dienone is 1. The first-order chi connectivity index (χ1) is 10.3. The Balaban J connectivity index is 1.85. The van der Waals surface area contributed by atoms with Gasteiger partial charge in [-0.05, 0) is 61.3 Å². The maximum absolute atomic E-state index is 11.0. The summed E-state index contributed by atoms with van der Waals surface area (Å²) in [5.41, 5.74) is 4.17. The fourth-order valence-corrected chi connectivity index (χ4v) is 6.67. The monoisotopic (exact) mass is 302 g/mol. The number of hydrogen-bond donors (Lipinski definition) is 2. The molecule has 0 aromatic carbocycles. The number of fused-ring (bicyclic) bond motifs is 5. The SMILES string of the molecule is C=C1[C@H]2CC3=C([C@H](C2)[C@H]1O)[C@@]1(C)[C@H](CC3)C(C)(C)CC[C@@H]1O. The van der Waals surface area contributed by atoms with Gasteiger partial charge < -0.3 is 10.2 Å². The van der Waals surface area contributed by atoms with E-state index in [2.05, 4.69) is 27.4 Å². The molecule has 4 rings (SSSR count). The molecule has 122 valence electrons. The Morgan fingerprint density at radius 2 is 1.86 bits per heavy atom. The third kappa shape index (κ3) is 1.69. The molecule has 22 heavy (non-hydrogen) atoms. The average molecular weight is 302 g/mol. The molecule has 2 heteroatoms. The van der Waals surface area contributed by atoms with Crippen molar-refractivity contribution in [1.82, 2.24) is 0 Å². The van der Waals surface area contributed by atoms with Crippen LogP contribution in [0.5, 0.6) is 0 Å². The van der Waals surface area contributed by atoms with Gasteiger partial charge in [0, 0.05) is 11.3 Å². The minimum absolute atomic E-state index is 0.142. The molecule has 0 radical (unpaired) electrons. The molecule has 0 spiro atoms. The third-order valence-corrected chi connectivity index (χ3v) is 7.81. The summed E-state index contributed by atoms with van der Waals surface area (Å²) < 4.78 is 0. The van der Waals surface area contributed by atoms with E-state index in [0.29, 0.717) is 11.8 Å². The van der Waals surface area contributed by atoms with Crippen molar-refractivity contribution in [2.24, 2.45) is 28.6 Å². The summed E-state index contributed by atoms with van der Waals surface area (Å²) in [5, 5.41) is 21.7. The zero-order valence-electron chi connectivity index (χ0n) is 14.2. The van der Waals surface area contributed by atoms with Crippen LogP contribution in [-0.4, -0.2) is 22.4 Å². The molecule has 0 saturated heterocycles. The van der Waals surface area contributed by atoms with Gasteiger partial charge in [-0.2, -0.15) is 0 Å². The van der Waals surface area contributed by atoms with Gasteiger partial charge in [0.2, 0.25) is 0 Å². The molecule has 2 nitrogen and oxygen atoms in total. The fraction of sp³-hybridized carbons (Fsp3) is 0.800. The summed E-state index contributed by atoms with van der Waals surface area (Å²) >= 11 is 0. The van der Waals surface area contributed by atoms with Crippen LogP contribution in [-0.2, 0) is 0 Å². The van der Waals surface area contributed by atoms with Crippen molar-refractivity contribution in [3.8, 4) is 0 Å². The largest absolute Gasteiger partial charge is 0.392 e. The van der Waals surface area contributed by atoms with Crippen LogP contribution in [0.1, 0.15) is 59.3 Å². The molecule has 4 aliphatic rings. The molecular weight excluding hydrogens is 272 g/mol. The first-order valence-corrected chi connectivity index (χ1v) is 9.04. The van der Waals surface area contributed by atoms with Gasteiger partial charge >= 0.3 is 0 Å². The molecule has 2 fully saturated rings. The Kier molecular flexibility index (Phi) is 3.05. The lowest BCUT2D eigenvalue weighted by Crippen LogP contribution is -2.55. The Hall–Kier alpha value is -0.600. The predicted molar refractivity (Wildman–Crippen MR) is 88.2 cm³/mol. The molecule has 0 unspecified atom stereocenters. The maximum Gasteiger partial charge on any atom is 0.0816 e. The smallest absolute Gasteiger partial charge is 0.0816 e. The summed E-state index contributed by atoms with van der Waals surface area (Å²) in [4.78, 5) is 0. The Morgan fingerprint density at radius 3 is 2.59 bits per heavy atom. The summed E-state index contributed by atoms with van der Waals surface area (Å²) in [6, 6.07) is 0. The van der Waals surface area contributed by atoms with Crippen molar-refractivity contribution < 1.29 is 10.2 Å². The van der Waals surface area contributed by atoms with E-state index in [-0.39, 0.29) is 29.0 Å². The van der Waals surface area contributed by atoms with Gasteiger partial charge in [0.15, 0.2) is 0 Å². The van der Waals surface area contributed by atoms with Gasteiger partial charge in [-0.1, -0.05) is 38.5 Å². The van der Waals surface area contributed by atoms with Crippen LogP contribution in [0, 0.1) is 28.6 Å². The van der Waals surface area contributed by atoms with Gasteiger partial charge in [0.1, 0.15) is 0 Å². The lowest BCUT2D eigenvalue weighted by Gasteiger charge is -2.59. The minimum Gasteiger partial charge on any atom is -0.392 e. The van der Waals surface area contributed by atoms with Crippen molar-refractivity contribution in [2.45, 2.75) is 71.5 Å². The second-order valence-corrected chi connectivity index (χ2v) is 9.20. The van der Waals surface area contributed by atoms with E-state index in [1.807, 2.05) is 0 Å². The van der Waals surface area contributed by atoms with E-state index in [0.717, 1.165) is 31.3 Å². The van der Waals surface area contributed by atoms with E-state index >= 15 is 0 Å². The van der Waals surface area contributed by atoms with Crippen LogP contribution in [0.3, 0.4) is 0 Å². The molecule has 0 aromatic heterocycles. The van der Waals surface area contributed by atoms with Crippen LogP contribution in [0.15, 0.2) is 23.3 Å². The second kappa shape index (κ2) is 4.48. The van der Waals surface area contributed by atoms with Crippen LogP contribution in [0.4, 0.5) is 0 Å². The highest BCUT2D eigenvalue weighted by molar-refractivity contribution is 5.41. The molecule has 4 aliphatic carbocycles. The Labute approximate surface area is 134 Å². The summed E-state index contributed by atoms with van der Waals surface area (Å²) in [7, 11) is 0. The summed E-state index contributed by atoms with van der Waals surface area (Å²) in [6.45, 7) is 11.2. The molecule has 0 aliphatic heterocycles. The molecule has 0 heterocycles. The number of rotatable bonds is 0. The molecule has 0 aromatic rings. The molecule has 2 saturated carbocycles. The van der Waals surface area contributed by atoms with E-state index in [1.165, 1.54) is 18.4 Å². The normalized spacial score (nSPS) is 49.9. The van der Waals surface area contributed by atoms with E-state index in [1.54, 1.807) is 5.57 Å². The van der Waals surface area contributed by atoms with Gasteiger partial charge in [-0.25, -0.2) is 0 Å². The van der Waals surface area contributed by atoms with E-state index < -0.39 is 0 Å². The molecule has 0 amide bonds. The average Bonchev–Trinajstić information content (AvgIpc) is 2.68. The number of aliphatic hydroxyl groups is 2. The second-order valence-electron chi connectivity index (χ2n) is 9.20. The standard InChI is InChI=1S/C20H30O2/c1-11-13-9-12-5-6-15-19(2,3)8-7-16(21)20(15,4)17(12)14(10-13)18(11)22/h13-16,18,21-22H,1,5-10H2,2-4H3/t13-,14-,15+,16-,18-,20-/m0/s1. The highest BCUT2D eigenvalue weighted by atomic mass is 16.3. The van der Waals surface area contributed by atoms with E-state index in [4.69, 9.17) is 0 Å². The van der Waals surface area contributed by atoms with Gasteiger partial charge in [-0.15, -0.1) is 0 Å². The Morgan fingerprint density at radius 1 is 1.14 bits per heavy atom. The zero-order valence-corrected chi connectivity index (χ0v) is 14.2. The minimum atomic E-state index is -0.384. The molecule has 6 atom stereocenters. The van der Waals surface area contributed by atoms with Gasteiger partial charge in [0.25, 0.3) is 0 Å². The number of aliphatic hydroxyl groups excluding tert-OH is 2. The molecule has 2 N–H and O–H groups in total. The van der Waals surface area contributed by atoms with Crippen molar-refractivity contribution in [3.05, 3.63) is 23.3 Å². The third-order valence-electron chi connectivity index (χ3n) is 7.81. The van der Waals surface area contributed by atoms with Gasteiger partial charge in [-0.3, -0.25) is 0 Å². The van der Waals surface area contributed by atoms with Crippen LogP contribution in [0.2, 0.25) is 0 Å².